The van der Waals surface area contributed by atoms with Crippen LogP contribution in [0.3, 0.4) is 0 Å². The standard InChI is InChI=1S/C16H16ClN5O2/c17-14-6-5-11(9-19-14)20-16(24)21-13-4-2-8-22(15(13)23)12-3-1-7-18-10-12/h1,3,5-7,9-10,13H,2,4,8H2,(H2,20,21,24). The Morgan fingerprint density at radius 2 is 2.17 bits per heavy atom. The van der Waals surface area contributed by atoms with E-state index in [1.54, 1.807) is 35.5 Å². The summed E-state index contributed by atoms with van der Waals surface area (Å²) in [7, 11) is 0. The molecule has 3 heterocycles. The maximum Gasteiger partial charge on any atom is 0.319 e. The van der Waals surface area contributed by atoms with Crippen molar-refractivity contribution in [2.45, 2.75) is 18.9 Å². The molecule has 0 aromatic carbocycles. The number of nitrogens with one attached hydrogen (secondary N) is 2. The molecule has 3 rings (SSSR count). The molecule has 3 amide bonds. The van der Waals surface area contributed by atoms with Gasteiger partial charge in [-0.3, -0.25) is 9.78 Å². The van der Waals surface area contributed by atoms with E-state index in [9.17, 15) is 9.59 Å². The summed E-state index contributed by atoms with van der Waals surface area (Å²) in [6, 6.07) is 5.80. The molecule has 1 unspecified atom stereocenters. The van der Waals surface area contributed by atoms with Crippen LogP contribution in [-0.2, 0) is 4.79 Å². The minimum atomic E-state index is -0.570. The molecule has 1 atom stereocenters. The van der Waals surface area contributed by atoms with E-state index in [1.807, 2.05) is 6.07 Å². The number of carbonyl (C=O) groups excluding carboxylic acids is 2. The molecule has 124 valence electrons. The molecular weight excluding hydrogens is 330 g/mol. The largest absolute Gasteiger partial charge is 0.326 e. The van der Waals surface area contributed by atoms with E-state index in [1.165, 1.54) is 6.20 Å². The Balaban J connectivity index is 1.63. The first-order valence-electron chi connectivity index (χ1n) is 7.54. The predicted molar refractivity (Wildman–Crippen MR) is 91.0 cm³/mol. The summed E-state index contributed by atoms with van der Waals surface area (Å²) in [5.74, 6) is -0.140. The van der Waals surface area contributed by atoms with Crippen LogP contribution in [0.4, 0.5) is 16.2 Å². The Bertz CT molecular complexity index is 723. The number of halogens is 1. The molecule has 2 aromatic rings. The summed E-state index contributed by atoms with van der Waals surface area (Å²) in [5, 5.41) is 5.69. The second-order valence-electron chi connectivity index (χ2n) is 5.36. The van der Waals surface area contributed by atoms with Crippen LogP contribution in [0.1, 0.15) is 12.8 Å². The number of rotatable bonds is 3. The molecule has 0 aliphatic carbocycles. The summed E-state index contributed by atoms with van der Waals surface area (Å²) in [4.78, 5) is 34.2. The Morgan fingerprint density at radius 1 is 1.29 bits per heavy atom. The van der Waals surface area contributed by atoms with E-state index in [-0.39, 0.29) is 5.91 Å². The van der Waals surface area contributed by atoms with Crippen LogP contribution >= 0.6 is 11.6 Å². The van der Waals surface area contributed by atoms with Gasteiger partial charge in [0, 0.05) is 12.7 Å². The highest BCUT2D eigenvalue weighted by molar-refractivity contribution is 6.29. The van der Waals surface area contributed by atoms with Gasteiger partial charge in [-0.15, -0.1) is 0 Å². The molecule has 0 saturated carbocycles. The highest BCUT2D eigenvalue weighted by Crippen LogP contribution is 2.20. The highest BCUT2D eigenvalue weighted by Gasteiger charge is 2.30. The van der Waals surface area contributed by atoms with Gasteiger partial charge < -0.3 is 15.5 Å². The lowest BCUT2D eigenvalue weighted by atomic mass is 10.0. The fourth-order valence-electron chi connectivity index (χ4n) is 2.55. The minimum absolute atomic E-state index is 0.140. The number of hydrogen-bond donors (Lipinski definition) is 2. The van der Waals surface area contributed by atoms with Crippen LogP contribution in [0, 0.1) is 0 Å². The molecule has 7 nitrogen and oxygen atoms in total. The second kappa shape index (κ2) is 7.27. The van der Waals surface area contributed by atoms with Crippen LogP contribution in [0.5, 0.6) is 0 Å². The predicted octanol–water partition coefficient (Wildman–Crippen LogP) is 2.45. The first kappa shape index (κ1) is 16.2. The summed E-state index contributed by atoms with van der Waals surface area (Å²) in [6.45, 7) is 0.616. The number of piperidine rings is 1. The number of urea groups is 1. The van der Waals surface area contributed by atoms with E-state index >= 15 is 0 Å². The lowest BCUT2D eigenvalue weighted by molar-refractivity contribution is -0.121. The van der Waals surface area contributed by atoms with Crippen molar-refractivity contribution in [1.29, 1.82) is 0 Å². The van der Waals surface area contributed by atoms with E-state index in [4.69, 9.17) is 11.6 Å². The van der Waals surface area contributed by atoms with Crippen LogP contribution in [0.25, 0.3) is 0 Å². The third-order valence-corrected chi connectivity index (χ3v) is 3.91. The average Bonchev–Trinajstić information content (AvgIpc) is 2.59. The fourth-order valence-corrected chi connectivity index (χ4v) is 2.67. The Labute approximate surface area is 144 Å². The topological polar surface area (TPSA) is 87.2 Å². The normalized spacial score (nSPS) is 17.5. The van der Waals surface area contributed by atoms with Crippen molar-refractivity contribution in [3.8, 4) is 0 Å². The van der Waals surface area contributed by atoms with Gasteiger partial charge in [-0.1, -0.05) is 11.6 Å². The van der Waals surface area contributed by atoms with E-state index < -0.39 is 12.1 Å². The van der Waals surface area contributed by atoms with Crippen molar-refractivity contribution >= 4 is 34.9 Å². The molecule has 0 radical (unpaired) electrons. The van der Waals surface area contributed by atoms with E-state index in [0.29, 0.717) is 23.8 Å². The average molecular weight is 346 g/mol. The van der Waals surface area contributed by atoms with Gasteiger partial charge in [0.05, 0.1) is 23.8 Å². The molecule has 24 heavy (non-hydrogen) atoms. The van der Waals surface area contributed by atoms with Gasteiger partial charge in [-0.05, 0) is 37.1 Å². The lowest BCUT2D eigenvalue weighted by Crippen LogP contribution is -2.53. The maximum atomic E-state index is 12.6. The monoisotopic (exact) mass is 345 g/mol. The van der Waals surface area contributed by atoms with Gasteiger partial charge in [0.15, 0.2) is 0 Å². The molecule has 0 spiro atoms. The van der Waals surface area contributed by atoms with Crippen molar-refractivity contribution in [3.05, 3.63) is 48.0 Å². The van der Waals surface area contributed by atoms with Crippen molar-refractivity contribution < 1.29 is 9.59 Å². The number of carbonyl (C=O) groups is 2. The summed E-state index contributed by atoms with van der Waals surface area (Å²) in [6.07, 6.45) is 6.14. The van der Waals surface area contributed by atoms with Gasteiger partial charge in [-0.2, -0.15) is 0 Å². The van der Waals surface area contributed by atoms with E-state index in [0.717, 1.165) is 12.1 Å². The number of amides is 3. The van der Waals surface area contributed by atoms with Crippen LogP contribution in [0.2, 0.25) is 5.15 Å². The lowest BCUT2D eigenvalue weighted by Gasteiger charge is -2.32. The van der Waals surface area contributed by atoms with Crippen LogP contribution in [0.15, 0.2) is 42.9 Å². The zero-order valence-corrected chi connectivity index (χ0v) is 13.5. The quantitative estimate of drug-likeness (QED) is 0.836. The van der Waals surface area contributed by atoms with Gasteiger partial charge >= 0.3 is 6.03 Å². The Kier molecular flexibility index (Phi) is 4.90. The minimum Gasteiger partial charge on any atom is -0.326 e. The number of hydrogen-bond acceptors (Lipinski definition) is 4. The molecule has 0 bridgehead atoms. The van der Waals surface area contributed by atoms with Crippen molar-refractivity contribution in [2.75, 3.05) is 16.8 Å². The molecule has 8 heteroatoms. The second-order valence-corrected chi connectivity index (χ2v) is 5.75. The molecule has 1 fully saturated rings. The number of pyridine rings is 2. The van der Waals surface area contributed by atoms with Gasteiger partial charge in [0.2, 0.25) is 5.91 Å². The zero-order chi connectivity index (χ0) is 16.9. The van der Waals surface area contributed by atoms with Crippen molar-refractivity contribution in [1.82, 2.24) is 15.3 Å². The Hall–Kier alpha value is -2.67. The summed E-state index contributed by atoms with van der Waals surface area (Å²) in [5.41, 5.74) is 1.24. The smallest absolute Gasteiger partial charge is 0.319 e. The summed E-state index contributed by atoms with van der Waals surface area (Å²) >= 11 is 5.70. The number of aromatic nitrogens is 2. The first-order valence-corrected chi connectivity index (χ1v) is 7.92. The maximum absolute atomic E-state index is 12.6. The van der Waals surface area contributed by atoms with Crippen LogP contribution < -0.4 is 15.5 Å². The summed E-state index contributed by atoms with van der Waals surface area (Å²) < 4.78 is 0. The molecule has 2 aromatic heterocycles. The highest BCUT2D eigenvalue weighted by atomic mass is 35.5. The fraction of sp³-hybridized carbons (Fsp3) is 0.250. The zero-order valence-electron chi connectivity index (χ0n) is 12.8. The van der Waals surface area contributed by atoms with Gasteiger partial charge in [-0.25, -0.2) is 9.78 Å². The molecule has 2 N–H and O–H groups in total. The number of anilines is 2. The van der Waals surface area contributed by atoms with Crippen LogP contribution in [-0.4, -0.2) is 34.5 Å². The van der Waals surface area contributed by atoms with Crippen molar-refractivity contribution in [3.63, 3.8) is 0 Å². The Morgan fingerprint density at radius 3 is 2.88 bits per heavy atom. The third kappa shape index (κ3) is 3.80. The molecule has 1 saturated heterocycles. The van der Waals surface area contributed by atoms with Crippen molar-refractivity contribution in [2.24, 2.45) is 0 Å². The molecular formula is C16H16ClN5O2. The van der Waals surface area contributed by atoms with Gasteiger partial charge in [0.25, 0.3) is 0 Å². The van der Waals surface area contributed by atoms with E-state index in [2.05, 4.69) is 20.6 Å². The molecule has 1 aliphatic rings. The first-order chi connectivity index (χ1) is 11.6. The molecule has 1 aliphatic heterocycles. The number of nitrogens with zero attached hydrogens (tertiary/aromatic N) is 3. The van der Waals surface area contributed by atoms with Gasteiger partial charge in [0.1, 0.15) is 11.2 Å². The SMILES string of the molecule is O=C(Nc1ccc(Cl)nc1)NC1CCCN(c2cccnc2)C1=O. The third-order valence-electron chi connectivity index (χ3n) is 3.69.